The van der Waals surface area contributed by atoms with Gasteiger partial charge < -0.3 is 34.2 Å². The molecule has 302 valence electrons. The summed E-state index contributed by atoms with van der Waals surface area (Å²) in [4.78, 5) is 60.9. The molecule has 54 heavy (non-hydrogen) atoms. The second-order valence-electron chi connectivity index (χ2n) is 18.4. The smallest absolute Gasteiger partial charge is 0.257 e. The summed E-state index contributed by atoms with van der Waals surface area (Å²) in [5, 5.41) is 7.37. The van der Waals surface area contributed by atoms with Crippen molar-refractivity contribution < 1.29 is 42.2 Å². The molecule has 16 heteroatoms. The van der Waals surface area contributed by atoms with Gasteiger partial charge in [0.2, 0.25) is 23.6 Å². The first-order valence-corrected chi connectivity index (χ1v) is 23.4. The molecule has 5 aliphatic rings. The molecule has 4 heterocycles. The molecule has 4 atom stereocenters. The maximum absolute atomic E-state index is 14.5. The molecule has 1 N–H and O–H groups in total. The van der Waals surface area contributed by atoms with Gasteiger partial charge in [-0.1, -0.05) is 33.5 Å². The molecule has 1 unspecified atom stereocenters. The summed E-state index contributed by atoms with van der Waals surface area (Å²) in [5.41, 5.74) is -0.349. The molecular weight excluding hydrogens is 719 g/mol. The average Bonchev–Trinajstić information content (AvgIpc) is 3.41. The fourth-order valence-electron chi connectivity index (χ4n) is 8.31. The Balaban J connectivity index is 1.16. The maximum Gasteiger partial charge on any atom is 0.257 e. The van der Waals surface area contributed by atoms with Gasteiger partial charge in [0, 0.05) is 90.9 Å². The Bertz CT molecular complexity index is 1530. The van der Waals surface area contributed by atoms with E-state index >= 15 is 0 Å². The number of rotatable bonds is 14. The highest BCUT2D eigenvalue weighted by Gasteiger charge is 2.62. The summed E-state index contributed by atoms with van der Waals surface area (Å²) in [7, 11) is -1.25. The zero-order valence-electron chi connectivity index (χ0n) is 32.9. The van der Waals surface area contributed by atoms with Crippen molar-refractivity contribution in [3.63, 3.8) is 0 Å². The fourth-order valence-corrected chi connectivity index (χ4v) is 9.07. The number of carbonyl (C=O) groups excluding carboxylic acids is 4. The van der Waals surface area contributed by atoms with Crippen LogP contribution in [0.4, 0.5) is 8.78 Å². The minimum atomic E-state index is -2.66. The van der Waals surface area contributed by atoms with Gasteiger partial charge in [-0.15, -0.1) is 0 Å². The molecule has 3 aliphatic heterocycles. The fraction of sp³-hybridized carbons (Fsp3) is 0.816. The number of carbonyl (C=O) groups is 4. The van der Waals surface area contributed by atoms with Crippen molar-refractivity contribution >= 4 is 31.7 Å². The zero-order chi connectivity index (χ0) is 39.1. The number of ether oxygens (including phenoxy) is 3. The third-order valence-corrected chi connectivity index (χ3v) is 14.0. The van der Waals surface area contributed by atoms with Gasteiger partial charge in [-0.2, -0.15) is 5.10 Å². The topological polar surface area (TPSA) is 136 Å². The number of alkyl halides is 2. The number of amides is 4. The van der Waals surface area contributed by atoms with Crippen LogP contribution in [-0.2, 0) is 35.3 Å². The van der Waals surface area contributed by atoms with Crippen LogP contribution < -0.4 is 5.32 Å². The molecule has 13 nitrogen and oxygen atoms in total. The lowest BCUT2D eigenvalue weighted by atomic mass is 9.70. The number of nitrogens with one attached hydrogen (secondary N) is 1. The Morgan fingerprint density at radius 2 is 1.67 bits per heavy atom. The lowest BCUT2D eigenvalue weighted by Crippen LogP contribution is -2.65. The van der Waals surface area contributed by atoms with Gasteiger partial charge in [-0.25, -0.2) is 13.5 Å². The van der Waals surface area contributed by atoms with Gasteiger partial charge in [0.1, 0.15) is 12.8 Å². The second-order valence-corrected chi connectivity index (χ2v) is 24.0. The van der Waals surface area contributed by atoms with E-state index in [2.05, 4.69) is 43.9 Å². The highest BCUT2D eigenvalue weighted by atomic mass is 28.3. The molecule has 3 saturated heterocycles. The molecule has 6 rings (SSSR count). The second kappa shape index (κ2) is 15.9. The van der Waals surface area contributed by atoms with Crippen LogP contribution in [0.5, 0.6) is 0 Å². The van der Waals surface area contributed by atoms with E-state index in [0.717, 1.165) is 12.5 Å². The quantitative estimate of drug-likeness (QED) is 0.223. The van der Waals surface area contributed by atoms with E-state index in [1.807, 2.05) is 0 Å². The number of likely N-dealkylation sites (tertiary alicyclic amines) is 2. The van der Waals surface area contributed by atoms with Crippen LogP contribution in [0.1, 0.15) is 63.2 Å². The van der Waals surface area contributed by atoms with E-state index in [9.17, 15) is 28.0 Å². The minimum Gasteiger partial charge on any atom is -0.378 e. The molecule has 5 fully saturated rings. The Labute approximate surface area is 318 Å². The average molecular weight is 779 g/mol. The Kier molecular flexibility index (Phi) is 12.0. The standard InChI is InChI=1S/C38H60F2N6O7Si/c1-26(53-21-27-7-9-38(39,40)10-8-27)31(35(50)43-11-13-51-14-12-43)42-32(47)30-20-44(22-37(30)23-45(24-37)34(49)29-17-36(29,2)3)33(48)28-18-41-46(19-28)25-52-15-16-54(4,5)6/h18-19,26-27,29-31H,7-17,20-25H2,1-6H3,(H,42,47)/t26-,29-,30?,31+/m1/s1. The first-order chi connectivity index (χ1) is 25.4. The Morgan fingerprint density at radius 1 is 1.02 bits per heavy atom. The van der Waals surface area contributed by atoms with E-state index < -0.39 is 37.5 Å². The molecule has 1 aromatic rings. The van der Waals surface area contributed by atoms with Crippen LogP contribution in [0.3, 0.4) is 0 Å². The number of hydrogen-bond acceptors (Lipinski definition) is 8. The molecule has 0 aromatic carbocycles. The first kappa shape index (κ1) is 40.7. The largest absolute Gasteiger partial charge is 0.378 e. The monoisotopic (exact) mass is 778 g/mol. The molecule has 1 aromatic heterocycles. The van der Waals surface area contributed by atoms with Crippen LogP contribution in [-0.4, -0.2) is 140 Å². The number of nitrogens with zero attached hydrogens (tertiary/aromatic N) is 5. The minimum absolute atomic E-state index is 0.0471. The summed E-state index contributed by atoms with van der Waals surface area (Å²) in [5.74, 6) is -4.32. The molecule has 0 bridgehead atoms. The number of aromatic nitrogens is 2. The normalized spacial score (nSPS) is 26.0. The highest BCUT2D eigenvalue weighted by molar-refractivity contribution is 6.76. The lowest BCUT2D eigenvalue weighted by Gasteiger charge is -2.50. The van der Waals surface area contributed by atoms with Gasteiger partial charge in [0.15, 0.2) is 0 Å². The zero-order valence-corrected chi connectivity index (χ0v) is 33.9. The van der Waals surface area contributed by atoms with Crippen LogP contribution in [0.15, 0.2) is 12.4 Å². The summed E-state index contributed by atoms with van der Waals surface area (Å²) in [6, 6.07) is -0.0187. The van der Waals surface area contributed by atoms with Crippen molar-refractivity contribution in [2.24, 2.45) is 28.6 Å². The van der Waals surface area contributed by atoms with Crippen molar-refractivity contribution in [1.82, 2.24) is 29.8 Å². The maximum atomic E-state index is 14.5. The van der Waals surface area contributed by atoms with Gasteiger partial charge in [-0.05, 0) is 43.6 Å². The van der Waals surface area contributed by atoms with Gasteiger partial charge in [0.25, 0.3) is 5.91 Å². The van der Waals surface area contributed by atoms with Crippen molar-refractivity contribution in [2.45, 2.75) is 103 Å². The number of hydrogen-bond donors (Lipinski definition) is 1. The summed E-state index contributed by atoms with van der Waals surface area (Å²) < 4.78 is 46.7. The van der Waals surface area contributed by atoms with Crippen molar-refractivity contribution in [1.29, 1.82) is 0 Å². The summed E-state index contributed by atoms with van der Waals surface area (Å²) in [6.45, 7) is 16.4. The van der Waals surface area contributed by atoms with Gasteiger partial charge in [0.05, 0.1) is 37.0 Å². The van der Waals surface area contributed by atoms with Crippen molar-refractivity contribution in [3.05, 3.63) is 18.0 Å². The van der Waals surface area contributed by atoms with E-state index in [1.165, 1.54) is 6.20 Å². The van der Waals surface area contributed by atoms with E-state index in [1.54, 1.807) is 32.5 Å². The predicted molar refractivity (Wildman–Crippen MR) is 198 cm³/mol. The molecular formula is C38H60F2N6O7Si. The van der Waals surface area contributed by atoms with Crippen molar-refractivity contribution in [3.8, 4) is 0 Å². The molecule has 4 amide bonds. The van der Waals surface area contributed by atoms with Crippen LogP contribution in [0, 0.1) is 28.6 Å². The van der Waals surface area contributed by atoms with Gasteiger partial charge in [-0.3, -0.25) is 19.2 Å². The van der Waals surface area contributed by atoms with E-state index in [-0.39, 0.29) is 80.1 Å². The highest BCUT2D eigenvalue weighted by Crippen LogP contribution is 2.54. The number of halogens is 2. The van der Waals surface area contributed by atoms with E-state index in [0.29, 0.717) is 64.4 Å². The number of morpholine rings is 1. The third kappa shape index (κ3) is 9.52. The third-order valence-electron chi connectivity index (χ3n) is 12.3. The molecule has 2 aliphatic carbocycles. The van der Waals surface area contributed by atoms with Gasteiger partial charge >= 0.3 is 0 Å². The molecule has 0 radical (unpaired) electrons. The summed E-state index contributed by atoms with van der Waals surface area (Å²) >= 11 is 0. The Morgan fingerprint density at radius 3 is 2.30 bits per heavy atom. The first-order valence-electron chi connectivity index (χ1n) is 19.7. The SMILES string of the molecule is C[C@@H](OCC1CCC(F)(F)CC1)[C@H](NC(=O)C1CN(C(=O)c2cnn(COCC[Si](C)(C)C)c2)CC12CN(C(=O)[C@H]1CC1(C)C)C2)C(=O)N1CCOCC1. The predicted octanol–water partition coefficient (Wildman–Crippen LogP) is 3.72. The molecule has 1 spiro atoms. The summed E-state index contributed by atoms with van der Waals surface area (Å²) in [6.07, 6.45) is 3.55. The molecule has 2 saturated carbocycles. The van der Waals surface area contributed by atoms with Crippen LogP contribution in [0.25, 0.3) is 0 Å². The lowest BCUT2D eigenvalue weighted by molar-refractivity contribution is -0.153. The van der Waals surface area contributed by atoms with Crippen LogP contribution in [0.2, 0.25) is 25.7 Å². The Hall–Kier alpha value is -2.95. The van der Waals surface area contributed by atoms with Crippen LogP contribution >= 0.6 is 0 Å². The van der Waals surface area contributed by atoms with Crippen molar-refractivity contribution in [2.75, 3.05) is 65.7 Å². The van der Waals surface area contributed by atoms with E-state index in [4.69, 9.17) is 14.2 Å².